The Labute approximate surface area is 86.6 Å². The summed E-state index contributed by atoms with van der Waals surface area (Å²) in [7, 11) is 0. The van der Waals surface area contributed by atoms with Gasteiger partial charge in [-0.15, -0.1) is 0 Å². The van der Waals surface area contributed by atoms with Crippen molar-refractivity contribution < 1.29 is 0 Å². The molecule has 0 aromatic heterocycles. The fourth-order valence-corrected chi connectivity index (χ4v) is 2.92. The topological polar surface area (TPSA) is 0 Å². The van der Waals surface area contributed by atoms with Gasteiger partial charge in [-0.3, -0.25) is 0 Å². The molecule has 0 aliphatic rings. The van der Waals surface area contributed by atoms with Gasteiger partial charge in [-0.1, -0.05) is 0 Å². The number of hydrogen-bond donors (Lipinski definition) is 0. The van der Waals surface area contributed by atoms with Crippen molar-refractivity contribution in [1.29, 1.82) is 0 Å². The Hall–Kier alpha value is 0.259. The van der Waals surface area contributed by atoms with E-state index >= 15 is 0 Å². The van der Waals surface area contributed by atoms with Crippen LogP contribution in [-0.2, 0) is 5.41 Å². The van der Waals surface area contributed by atoms with Crippen molar-refractivity contribution in [3.05, 3.63) is 29.8 Å². The Morgan fingerprint density at radius 3 is 1.92 bits per heavy atom. The van der Waals surface area contributed by atoms with Crippen molar-refractivity contribution in [2.45, 2.75) is 26.2 Å². The molecule has 2 heteroatoms. The maximum atomic E-state index is 3.11. The van der Waals surface area contributed by atoms with Crippen molar-refractivity contribution in [3.63, 3.8) is 0 Å². The van der Waals surface area contributed by atoms with Gasteiger partial charge in [-0.2, -0.15) is 0 Å². The zero-order valence-electron chi connectivity index (χ0n) is 7.66. The summed E-state index contributed by atoms with van der Waals surface area (Å²) in [6, 6.07) is 8.94. The average molecular weight is 292 g/mol. The Bertz CT molecular complexity index is 267. The van der Waals surface area contributed by atoms with Crippen LogP contribution >= 0.6 is 0 Å². The Morgan fingerprint density at radius 1 is 1.08 bits per heavy atom. The Kier molecular flexibility index (Phi) is 3.43. The van der Waals surface area contributed by atoms with Crippen LogP contribution in [0.25, 0.3) is 0 Å². The molecule has 0 heterocycles. The number of rotatable bonds is 1. The molecule has 0 fully saturated rings. The van der Waals surface area contributed by atoms with Crippen molar-refractivity contribution in [2.24, 2.45) is 0 Å². The van der Waals surface area contributed by atoms with E-state index in [-0.39, 0.29) is 18.0 Å². The fraction of sp³-hybridized carbons (Fsp3) is 0.400. The van der Waals surface area contributed by atoms with E-state index in [0.717, 1.165) is 0 Å². The van der Waals surface area contributed by atoms with Gasteiger partial charge in [0, 0.05) is 0 Å². The minimum atomic E-state index is 0.263. The van der Waals surface area contributed by atoms with Crippen LogP contribution in [0.15, 0.2) is 24.3 Å². The van der Waals surface area contributed by atoms with Crippen LogP contribution < -0.4 is 4.46 Å². The molecule has 0 amide bonds. The van der Waals surface area contributed by atoms with E-state index in [2.05, 4.69) is 58.7 Å². The molecule has 1 aromatic rings. The van der Waals surface area contributed by atoms with Gasteiger partial charge < -0.3 is 0 Å². The summed E-state index contributed by atoms with van der Waals surface area (Å²) in [5.41, 5.74) is 1.70. The zero-order valence-corrected chi connectivity index (χ0v) is 11.3. The molecule has 0 N–H and O–H groups in total. The molecular weight excluding hydrogens is 278 g/mol. The van der Waals surface area contributed by atoms with Crippen LogP contribution in [0, 0.1) is 0 Å². The average Bonchev–Trinajstić information content (AvgIpc) is 2.03. The predicted octanol–water partition coefficient (Wildman–Crippen LogP) is 1.13. The predicted molar refractivity (Wildman–Crippen MR) is 57.7 cm³/mol. The number of hydrogen-bond acceptors (Lipinski definition) is 0. The van der Waals surface area contributed by atoms with Crippen molar-refractivity contribution in [3.8, 4) is 0 Å². The van der Waals surface area contributed by atoms with E-state index in [9.17, 15) is 0 Å². The van der Waals surface area contributed by atoms with Crippen LogP contribution in [-0.4, -0.2) is 26.3 Å². The summed E-state index contributed by atoms with van der Waals surface area (Å²) < 4.78 is 1.46. The van der Waals surface area contributed by atoms with Gasteiger partial charge in [0.05, 0.1) is 0 Å². The van der Waals surface area contributed by atoms with E-state index in [1.807, 2.05) is 0 Å². The van der Waals surface area contributed by atoms with Gasteiger partial charge in [-0.05, 0) is 0 Å². The summed E-state index contributed by atoms with van der Waals surface area (Å²) in [6.45, 7) is 6.73. The molecule has 1 rings (SSSR count). The molecule has 0 saturated carbocycles. The third-order valence-corrected chi connectivity index (χ3v) is 5.20. The van der Waals surface area contributed by atoms with E-state index in [4.69, 9.17) is 0 Å². The first-order chi connectivity index (χ1) is 5.54. The van der Waals surface area contributed by atoms with Gasteiger partial charge in [0.25, 0.3) is 0 Å². The third-order valence-electron chi connectivity index (χ3n) is 1.84. The summed E-state index contributed by atoms with van der Waals surface area (Å²) in [4.78, 5) is 0. The normalized spacial score (nSPS) is 11.6. The van der Waals surface area contributed by atoms with Gasteiger partial charge in [-0.25, -0.2) is 0 Å². The first-order valence-corrected chi connectivity index (χ1v) is 9.66. The summed E-state index contributed by atoms with van der Waals surface area (Å²) in [5.74, 6) is 0. The first kappa shape index (κ1) is 10.3. The minimum absolute atomic E-state index is 0.263. The van der Waals surface area contributed by atoms with Gasteiger partial charge in [0.2, 0.25) is 0 Å². The molecule has 66 valence electrons. The molecule has 0 nitrogen and oxygen atoms in total. The van der Waals surface area contributed by atoms with Crippen molar-refractivity contribution >= 4 is 30.7 Å². The molecule has 12 heavy (non-hydrogen) atoms. The molecule has 0 saturated heterocycles. The van der Waals surface area contributed by atoms with Crippen LogP contribution in [0.4, 0.5) is 0 Å². The maximum absolute atomic E-state index is 3.11. The van der Waals surface area contributed by atoms with Crippen LogP contribution in [0.1, 0.15) is 26.3 Å². The Morgan fingerprint density at radius 2 is 1.58 bits per heavy atom. The van der Waals surface area contributed by atoms with E-state index in [1.54, 1.807) is 0 Å². The molecule has 1 aromatic carbocycles. The standard InChI is InChI=1S/C10H14Se2/c1-10(2,3)8-4-6-9(12-11)7-5-8/h4-7,12H,1-3H3. The number of benzene rings is 1. The van der Waals surface area contributed by atoms with Gasteiger partial charge in [0.1, 0.15) is 0 Å². The molecule has 0 atom stereocenters. The Balaban J connectivity index is 3.00. The molecule has 0 unspecified atom stereocenters. The second-order valence-corrected chi connectivity index (χ2v) is 7.35. The molecule has 0 spiro atoms. The van der Waals surface area contributed by atoms with E-state index < -0.39 is 0 Å². The van der Waals surface area contributed by atoms with Crippen LogP contribution in [0.5, 0.6) is 0 Å². The molecule has 0 aliphatic carbocycles. The SMILES string of the molecule is CC(C)(C)c1ccc([SeH]=[Se])cc1. The molecule has 0 radical (unpaired) electrons. The first-order valence-electron chi connectivity index (χ1n) is 3.98. The quantitative estimate of drug-likeness (QED) is 0.681. The van der Waals surface area contributed by atoms with Gasteiger partial charge >= 0.3 is 86.7 Å². The summed E-state index contributed by atoms with van der Waals surface area (Å²) in [6.07, 6.45) is 0. The van der Waals surface area contributed by atoms with Crippen LogP contribution in [0.3, 0.4) is 0 Å². The van der Waals surface area contributed by atoms with E-state index in [1.165, 1.54) is 10.0 Å². The zero-order chi connectivity index (χ0) is 9.19. The second-order valence-electron chi connectivity index (χ2n) is 3.89. The fourth-order valence-electron chi connectivity index (χ4n) is 1.02. The van der Waals surface area contributed by atoms with Crippen molar-refractivity contribution in [1.82, 2.24) is 0 Å². The second kappa shape index (κ2) is 3.98. The molecule has 0 bridgehead atoms. The summed E-state index contributed by atoms with van der Waals surface area (Å²) >= 11 is 3.37. The summed E-state index contributed by atoms with van der Waals surface area (Å²) in [5, 5.41) is 0. The molecular formula is C10H14Se2. The van der Waals surface area contributed by atoms with Gasteiger partial charge in [0.15, 0.2) is 0 Å². The molecule has 0 aliphatic heterocycles. The van der Waals surface area contributed by atoms with Crippen LogP contribution in [0.2, 0.25) is 0 Å². The van der Waals surface area contributed by atoms with Crippen molar-refractivity contribution in [2.75, 3.05) is 0 Å². The third kappa shape index (κ3) is 2.64. The van der Waals surface area contributed by atoms with E-state index in [0.29, 0.717) is 0 Å². The monoisotopic (exact) mass is 294 g/mol.